The summed E-state index contributed by atoms with van der Waals surface area (Å²) in [6, 6.07) is 0. The first-order valence-electron chi connectivity index (χ1n) is 20.7. The molecule has 18 atom stereocenters. The molecule has 0 radical (unpaired) electrons. The molecule has 0 aromatic carbocycles. The lowest BCUT2D eigenvalue weighted by molar-refractivity contribution is -0.367. The van der Waals surface area contributed by atoms with Crippen LogP contribution in [0.2, 0.25) is 0 Å². The van der Waals surface area contributed by atoms with Gasteiger partial charge in [-0.05, 0) is 105 Å². The van der Waals surface area contributed by atoms with Gasteiger partial charge in [-0.15, -0.1) is 0 Å². The molecule has 6 aliphatic rings. The van der Waals surface area contributed by atoms with Gasteiger partial charge >= 0.3 is 0 Å². The van der Waals surface area contributed by atoms with Crippen LogP contribution in [0.5, 0.6) is 0 Å². The molecular weight excluding hydrogens is 716 g/mol. The molecule has 318 valence electrons. The van der Waals surface area contributed by atoms with E-state index in [4.69, 9.17) is 18.9 Å². The van der Waals surface area contributed by atoms with Crippen LogP contribution >= 0.6 is 0 Å². The fraction of sp³-hybridized carbons (Fsp3) is 0.951. The first kappa shape index (κ1) is 43.8. The Bertz CT molecular complexity index is 1350. The largest absolute Gasteiger partial charge is 0.396 e. The average Bonchev–Trinajstić information content (AvgIpc) is 3.16. The predicted molar refractivity (Wildman–Crippen MR) is 198 cm³/mol. The van der Waals surface area contributed by atoms with Crippen molar-refractivity contribution in [2.24, 2.45) is 44.8 Å². The van der Waals surface area contributed by atoms with Gasteiger partial charge in [0, 0.05) is 17.4 Å². The van der Waals surface area contributed by atoms with Crippen LogP contribution in [0.1, 0.15) is 98.8 Å². The van der Waals surface area contributed by atoms with Crippen molar-refractivity contribution in [2.75, 3.05) is 33.0 Å². The Morgan fingerprint density at radius 3 is 2.13 bits per heavy atom. The molecule has 2 heterocycles. The maximum atomic E-state index is 12.2. The minimum Gasteiger partial charge on any atom is -0.396 e. The minimum absolute atomic E-state index is 0.0177. The molecule has 0 amide bonds. The van der Waals surface area contributed by atoms with Crippen molar-refractivity contribution in [1.29, 1.82) is 0 Å². The minimum atomic E-state index is -1.71. The molecule has 55 heavy (non-hydrogen) atoms. The zero-order valence-electron chi connectivity index (χ0n) is 33.4. The van der Waals surface area contributed by atoms with Crippen molar-refractivity contribution in [3.8, 4) is 0 Å². The predicted octanol–water partition coefficient (Wildman–Crippen LogP) is 0.735. The Morgan fingerprint density at radius 2 is 1.47 bits per heavy atom. The standard InChI is InChI=1S/C41H70O14/c1-22(17-42)7-6-12-40(20-44)15-16-41(21-45)23(34(40)51)8-9-27-38(4)13-11-28(37(2,3)26(38)10-14-39(27,41)5)54-36-33(29(47)24(46)19-52-36)55-35-32(50)31(49)30(48)25(18-43)53-35/h7,23-36,42-51H,6,8-21H2,1-5H3/b22-7+. The van der Waals surface area contributed by atoms with E-state index in [0.717, 1.165) is 44.1 Å². The van der Waals surface area contributed by atoms with Gasteiger partial charge in [0.15, 0.2) is 12.6 Å². The first-order chi connectivity index (χ1) is 25.9. The molecule has 4 aliphatic carbocycles. The maximum Gasteiger partial charge on any atom is 0.187 e. The highest BCUT2D eigenvalue weighted by Crippen LogP contribution is 2.75. The van der Waals surface area contributed by atoms with Gasteiger partial charge in [-0.2, -0.15) is 0 Å². The maximum absolute atomic E-state index is 12.2. The van der Waals surface area contributed by atoms with Crippen molar-refractivity contribution in [3.63, 3.8) is 0 Å². The number of hydrogen-bond donors (Lipinski definition) is 10. The lowest BCUT2D eigenvalue weighted by atomic mass is 9.32. The Morgan fingerprint density at radius 1 is 0.745 bits per heavy atom. The number of aliphatic hydroxyl groups excluding tert-OH is 10. The molecule has 0 bridgehead atoms. The summed E-state index contributed by atoms with van der Waals surface area (Å²) in [7, 11) is 0. The third-order valence-corrected chi connectivity index (χ3v) is 16.5. The first-order valence-corrected chi connectivity index (χ1v) is 20.7. The Kier molecular flexibility index (Phi) is 13.0. The van der Waals surface area contributed by atoms with Gasteiger partial charge in [0.2, 0.25) is 0 Å². The summed E-state index contributed by atoms with van der Waals surface area (Å²) in [5, 5.41) is 106. The molecule has 2 aliphatic heterocycles. The van der Waals surface area contributed by atoms with Crippen LogP contribution < -0.4 is 0 Å². The van der Waals surface area contributed by atoms with Gasteiger partial charge in [-0.1, -0.05) is 39.3 Å². The monoisotopic (exact) mass is 786 g/mol. The van der Waals surface area contributed by atoms with E-state index in [0.29, 0.717) is 25.7 Å². The zero-order valence-corrected chi connectivity index (χ0v) is 33.4. The van der Waals surface area contributed by atoms with Crippen molar-refractivity contribution >= 4 is 0 Å². The quantitative estimate of drug-likeness (QED) is 0.103. The topological polar surface area (TPSA) is 239 Å². The van der Waals surface area contributed by atoms with Crippen LogP contribution in [0.15, 0.2) is 11.6 Å². The van der Waals surface area contributed by atoms with Crippen LogP contribution in [0, 0.1) is 44.8 Å². The molecule has 6 fully saturated rings. The van der Waals surface area contributed by atoms with E-state index >= 15 is 0 Å². The SMILES string of the molecule is C/C(=C\CCC1(CO)CCC2(CO)C(CCC3C4(C)CCC(OC5OCC(O)C(O)C5OC5OC(CO)C(O)C(O)C5O)C(C)(C)C4CCC32C)C1O)CO. The molecule has 18 unspecified atom stereocenters. The number of ether oxygens (including phenoxy) is 4. The average molecular weight is 787 g/mol. The van der Waals surface area contributed by atoms with E-state index in [2.05, 4.69) is 27.7 Å². The van der Waals surface area contributed by atoms with Gasteiger partial charge in [0.05, 0.1) is 38.6 Å². The van der Waals surface area contributed by atoms with Gasteiger partial charge in [-0.3, -0.25) is 0 Å². The second-order valence-corrected chi connectivity index (χ2v) is 19.3. The molecule has 4 saturated carbocycles. The van der Waals surface area contributed by atoms with E-state index in [1.54, 1.807) is 0 Å². The van der Waals surface area contributed by atoms with E-state index in [1.165, 1.54) is 0 Å². The van der Waals surface area contributed by atoms with Crippen molar-refractivity contribution in [1.82, 2.24) is 0 Å². The number of allylic oxidation sites excluding steroid dienone is 1. The van der Waals surface area contributed by atoms with Crippen molar-refractivity contribution < 1.29 is 70.0 Å². The van der Waals surface area contributed by atoms with E-state index in [1.807, 2.05) is 13.0 Å². The molecule has 6 rings (SSSR count). The highest BCUT2D eigenvalue weighted by atomic mass is 16.8. The fourth-order valence-electron chi connectivity index (χ4n) is 13.1. The molecule has 2 saturated heterocycles. The van der Waals surface area contributed by atoms with Crippen LogP contribution in [0.25, 0.3) is 0 Å². The summed E-state index contributed by atoms with van der Waals surface area (Å²) < 4.78 is 24.2. The summed E-state index contributed by atoms with van der Waals surface area (Å²) >= 11 is 0. The van der Waals surface area contributed by atoms with Crippen LogP contribution in [0.3, 0.4) is 0 Å². The molecule has 14 nitrogen and oxygen atoms in total. The van der Waals surface area contributed by atoms with Crippen molar-refractivity contribution in [3.05, 3.63) is 11.6 Å². The number of rotatable bonds is 11. The fourth-order valence-corrected chi connectivity index (χ4v) is 13.1. The number of fused-ring (bicyclic) bond motifs is 5. The van der Waals surface area contributed by atoms with E-state index < -0.39 is 84.3 Å². The highest BCUT2D eigenvalue weighted by molar-refractivity contribution is 5.19. The van der Waals surface area contributed by atoms with Crippen LogP contribution in [0.4, 0.5) is 0 Å². The van der Waals surface area contributed by atoms with Gasteiger partial charge in [0.25, 0.3) is 0 Å². The Labute approximate surface area is 325 Å². The molecule has 10 N–H and O–H groups in total. The second-order valence-electron chi connectivity index (χ2n) is 19.3. The summed E-state index contributed by atoms with van der Waals surface area (Å²) in [5.41, 5.74) is -1.07. The highest BCUT2D eigenvalue weighted by Gasteiger charge is 2.71. The zero-order chi connectivity index (χ0) is 40.3. The van der Waals surface area contributed by atoms with Crippen LogP contribution in [-0.2, 0) is 18.9 Å². The summed E-state index contributed by atoms with van der Waals surface area (Å²) in [4.78, 5) is 0. The third kappa shape index (κ3) is 7.09. The summed E-state index contributed by atoms with van der Waals surface area (Å²) in [6.45, 7) is 9.96. The van der Waals surface area contributed by atoms with E-state index in [9.17, 15) is 51.1 Å². The van der Waals surface area contributed by atoms with Crippen LogP contribution in [-0.4, -0.2) is 152 Å². The van der Waals surface area contributed by atoms with Crippen molar-refractivity contribution in [2.45, 2.75) is 166 Å². The van der Waals surface area contributed by atoms with E-state index in [-0.39, 0.29) is 61.1 Å². The molecule has 0 aromatic heterocycles. The lowest BCUT2D eigenvalue weighted by Gasteiger charge is -2.73. The molecular formula is C41H70O14. The summed E-state index contributed by atoms with van der Waals surface area (Å²) in [6.07, 6.45) is -4.73. The lowest BCUT2D eigenvalue weighted by Crippen LogP contribution is -2.69. The molecule has 0 spiro atoms. The van der Waals surface area contributed by atoms with Gasteiger partial charge in [0.1, 0.15) is 42.7 Å². The Hall–Kier alpha value is -0.820. The van der Waals surface area contributed by atoms with Gasteiger partial charge in [-0.25, -0.2) is 0 Å². The Balaban J connectivity index is 1.20. The smallest absolute Gasteiger partial charge is 0.187 e. The van der Waals surface area contributed by atoms with Gasteiger partial charge < -0.3 is 70.0 Å². The number of aliphatic hydroxyl groups is 10. The molecule has 14 heteroatoms. The second kappa shape index (κ2) is 16.3. The normalized spacial score (nSPS) is 51.5. The molecule has 0 aromatic rings. The third-order valence-electron chi connectivity index (χ3n) is 16.5. The number of hydrogen-bond acceptors (Lipinski definition) is 14. The summed E-state index contributed by atoms with van der Waals surface area (Å²) in [5.74, 6) is 0.317.